The zero-order chi connectivity index (χ0) is 18.6. The first-order chi connectivity index (χ1) is 12.1. The predicted molar refractivity (Wildman–Crippen MR) is 111 cm³/mol. The van der Waals surface area contributed by atoms with Gasteiger partial charge in [0, 0.05) is 6.61 Å². The van der Waals surface area contributed by atoms with Crippen molar-refractivity contribution >= 4 is 0 Å². The van der Waals surface area contributed by atoms with Crippen LogP contribution in [0, 0.1) is 5.41 Å². The van der Waals surface area contributed by atoms with E-state index in [0.29, 0.717) is 0 Å². The van der Waals surface area contributed by atoms with E-state index in [1.165, 1.54) is 89.9 Å². The first kappa shape index (κ1) is 24.9. The fourth-order valence-electron chi connectivity index (χ4n) is 3.00. The van der Waals surface area contributed by atoms with Crippen molar-refractivity contribution in [3.05, 3.63) is 0 Å². The molecule has 0 aromatic rings. The van der Waals surface area contributed by atoms with Crippen LogP contribution in [0.1, 0.15) is 118 Å². The monoisotopic (exact) mass is 356 g/mol. The molecule has 0 amide bonds. The first-order valence-corrected chi connectivity index (χ1v) is 11.2. The molecule has 0 unspecified atom stereocenters. The van der Waals surface area contributed by atoms with E-state index >= 15 is 0 Å². The van der Waals surface area contributed by atoms with E-state index in [0.717, 1.165) is 26.4 Å². The summed E-state index contributed by atoms with van der Waals surface area (Å²) in [5.74, 6) is 0. The third kappa shape index (κ3) is 23.9. The SMILES string of the molecule is CCCCCCCCCCCCCCCCOCCOCC(C)(C)C. The molecule has 0 rings (SSSR count). The normalized spacial score (nSPS) is 12.0. The highest BCUT2D eigenvalue weighted by Gasteiger charge is 2.09. The van der Waals surface area contributed by atoms with Gasteiger partial charge in [-0.05, 0) is 11.8 Å². The van der Waals surface area contributed by atoms with Crippen molar-refractivity contribution in [3.63, 3.8) is 0 Å². The lowest BCUT2D eigenvalue weighted by atomic mass is 9.99. The summed E-state index contributed by atoms with van der Waals surface area (Å²) in [5.41, 5.74) is 0.259. The van der Waals surface area contributed by atoms with Gasteiger partial charge in [-0.2, -0.15) is 0 Å². The second-order valence-electron chi connectivity index (χ2n) is 8.82. The van der Waals surface area contributed by atoms with Crippen molar-refractivity contribution in [2.45, 2.75) is 118 Å². The van der Waals surface area contributed by atoms with Gasteiger partial charge in [-0.1, -0.05) is 111 Å². The Bertz CT molecular complexity index is 245. The summed E-state index contributed by atoms with van der Waals surface area (Å²) in [6.07, 6.45) is 19.7. The number of hydrogen-bond donors (Lipinski definition) is 0. The topological polar surface area (TPSA) is 18.5 Å². The van der Waals surface area contributed by atoms with Gasteiger partial charge in [-0.25, -0.2) is 0 Å². The molecular weight excluding hydrogens is 308 g/mol. The van der Waals surface area contributed by atoms with Gasteiger partial charge in [0.2, 0.25) is 0 Å². The molecule has 25 heavy (non-hydrogen) atoms. The lowest BCUT2D eigenvalue weighted by Crippen LogP contribution is -2.17. The Morgan fingerprint density at radius 2 is 0.880 bits per heavy atom. The van der Waals surface area contributed by atoms with Crippen LogP contribution in [-0.4, -0.2) is 26.4 Å². The summed E-state index contributed by atoms with van der Waals surface area (Å²) in [6, 6.07) is 0. The maximum absolute atomic E-state index is 5.63. The van der Waals surface area contributed by atoms with Gasteiger partial charge < -0.3 is 9.47 Å². The molecule has 0 heterocycles. The molecule has 2 heteroatoms. The summed E-state index contributed by atoms with van der Waals surface area (Å²) in [4.78, 5) is 0. The van der Waals surface area contributed by atoms with Crippen molar-refractivity contribution in [1.29, 1.82) is 0 Å². The van der Waals surface area contributed by atoms with Crippen LogP contribution in [0.25, 0.3) is 0 Å². The van der Waals surface area contributed by atoms with Gasteiger partial charge in [0.1, 0.15) is 0 Å². The Morgan fingerprint density at radius 1 is 0.480 bits per heavy atom. The third-order valence-corrected chi connectivity index (χ3v) is 4.55. The van der Waals surface area contributed by atoms with E-state index in [1.807, 2.05) is 0 Å². The zero-order valence-electron chi connectivity index (χ0n) is 18.0. The maximum atomic E-state index is 5.63. The highest BCUT2D eigenvalue weighted by atomic mass is 16.5. The highest BCUT2D eigenvalue weighted by Crippen LogP contribution is 2.13. The van der Waals surface area contributed by atoms with Crippen LogP contribution in [0.3, 0.4) is 0 Å². The van der Waals surface area contributed by atoms with Crippen molar-refractivity contribution in [2.75, 3.05) is 26.4 Å². The summed E-state index contributed by atoms with van der Waals surface area (Å²) in [5, 5.41) is 0. The van der Waals surface area contributed by atoms with E-state index in [-0.39, 0.29) is 5.41 Å². The first-order valence-electron chi connectivity index (χ1n) is 11.2. The summed E-state index contributed by atoms with van der Waals surface area (Å²) in [6.45, 7) is 12.1. The molecule has 0 bridgehead atoms. The van der Waals surface area contributed by atoms with Crippen LogP contribution >= 0.6 is 0 Å². The van der Waals surface area contributed by atoms with Crippen molar-refractivity contribution in [3.8, 4) is 0 Å². The van der Waals surface area contributed by atoms with E-state index in [4.69, 9.17) is 9.47 Å². The molecule has 0 atom stereocenters. The second kappa shape index (κ2) is 18.7. The van der Waals surface area contributed by atoms with Gasteiger partial charge in [0.15, 0.2) is 0 Å². The molecule has 0 aromatic heterocycles. The molecule has 0 aliphatic rings. The van der Waals surface area contributed by atoms with E-state index in [1.54, 1.807) is 0 Å². The minimum atomic E-state index is 0.259. The number of unbranched alkanes of at least 4 members (excludes halogenated alkanes) is 13. The van der Waals surface area contributed by atoms with Crippen LogP contribution in [0.4, 0.5) is 0 Å². The summed E-state index contributed by atoms with van der Waals surface area (Å²) >= 11 is 0. The molecule has 0 radical (unpaired) electrons. The molecule has 0 aliphatic heterocycles. The molecule has 0 fully saturated rings. The van der Waals surface area contributed by atoms with E-state index < -0.39 is 0 Å². The minimum Gasteiger partial charge on any atom is -0.379 e. The third-order valence-electron chi connectivity index (χ3n) is 4.55. The second-order valence-corrected chi connectivity index (χ2v) is 8.82. The Labute approximate surface area is 159 Å². The van der Waals surface area contributed by atoms with Crippen molar-refractivity contribution in [2.24, 2.45) is 5.41 Å². The fraction of sp³-hybridized carbons (Fsp3) is 1.00. The Hall–Kier alpha value is -0.0800. The number of hydrogen-bond acceptors (Lipinski definition) is 2. The number of rotatable bonds is 19. The van der Waals surface area contributed by atoms with Crippen LogP contribution < -0.4 is 0 Å². The van der Waals surface area contributed by atoms with Gasteiger partial charge >= 0.3 is 0 Å². The summed E-state index contributed by atoms with van der Waals surface area (Å²) in [7, 11) is 0. The van der Waals surface area contributed by atoms with Gasteiger partial charge in [-0.3, -0.25) is 0 Å². The predicted octanol–water partition coefficient (Wildman–Crippen LogP) is 7.55. The lowest BCUT2D eigenvalue weighted by molar-refractivity contribution is 0.0186. The van der Waals surface area contributed by atoms with Crippen molar-refractivity contribution < 1.29 is 9.47 Å². The molecule has 2 nitrogen and oxygen atoms in total. The van der Waals surface area contributed by atoms with Crippen LogP contribution in [0.15, 0.2) is 0 Å². The van der Waals surface area contributed by atoms with E-state index in [2.05, 4.69) is 27.7 Å². The minimum absolute atomic E-state index is 0.259. The van der Waals surface area contributed by atoms with Crippen LogP contribution in [0.5, 0.6) is 0 Å². The van der Waals surface area contributed by atoms with Crippen LogP contribution in [-0.2, 0) is 9.47 Å². The van der Waals surface area contributed by atoms with Gasteiger partial charge in [0.05, 0.1) is 19.8 Å². The molecule has 0 N–H and O–H groups in total. The van der Waals surface area contributed by atoms with Gasteiger partial charge in [-0.15, -0.1) is 0 Å². The summed E-state index contributed by atoms with van der Waals surface area (Å²) < 4.78 is 11.2. The van der Waals surface area contributed by atoms with E-state index in [9.17, 15) is 0 Å². The van der Waals surface area contributed by atoms with Crippen molar-refractivity contribution in [1.82, 2.24) is 0 Å². The number of ether oxygens (including phenoxy) is 2. The molecule has 0 saturated heterocycles. The standard InChI is InChI=1S/C23H48O2/c1-5-6-7-8-9-10-11-12-13-14-15-16-17-18-19-24-20-21-25-22-23(2,3)4/h5-22H2,1-4H3. The average molecular weight is 357 g/mol. The molecular formula is C23H48O2. The molecule has 0 aliphatic carbocycles. The molecule has 0 spiro atoms. The molecule has 0 saturated carbocycles. The Morgan fingerprint density at radius 3 is 1.32 bits per heavy atom. The maximum Gasteiger partial charge on any atom is 0.0700 e. The van der Waals surface area contributed by atoms with Crippen LogP contribution in [0.2, 0.25) is 0 Å². The molecule has 152 valence electrons. The smallest absolute Gasteiger partial charge is 0.0700 e. The Kier molecular flexibility index (Phi) is 18.6. The largest absolute Gasteiger partial charge is 0.379 e. The molecule has 0 aromatic carbocycles. The Balaban J connectivity index is 3.01. The quantitative estimate of drug-likeness (QED) is 0.222. The van der Waals surface area contributed by atoms with Gasteiger partial charge in [0.25, 0.3) is 0 Å². The zero-order valence-corrected chi connectivity index (χ0v) is 18.0. The average Bonchev–Trinajstić information content (AvgIpc) is 2.56. The fourth-order valence-corrected chi connectivity index (χ4v) is 3.00. The highest BCUT2D eigenvalue weighted by molar-refractivity contribution is 4.58. The lowest BCUT2D eigenvalue weighted by Gasteiger charge is -2.17.